The van der Waals surface area contributed by atoms with Gasteiger partial charge in [0.05, 0.1) is 40.6 Å². The number of piperazine rings is 1. The van der Waals surface area contributed by atoms with E-state index in [1.54, 1.807) is 49.4 Å². The Morgan fingerprint density at radius 2 is 1.81 bits per heavy atom. The number of anilines is 1. The standard InChI is InChI=1S/C28H29ClFN3O3/c1-19(34)18-36-24-10-11-26(25(29)14-24)33-13-12-32(16-27(33)21-6-8-23(30)9-7-21)17-28(35)22-4-2-20(15-31)3-5-22/h2-11,14,19,27-28,34-35H,12-13,16-18H2,1H3/t19-,27+,28+/m1/s1. The van der Waals surface area contributed by atoms with Crippen molar-refractivity contribution in [3.8, 4) is 11.8 Å². The maximum Gasteiger partial charge on any atom is 0.123 e. The van der Waals surface area contributed by atoms with E-state index in [0.717, 1.165) is 16.8 Å². The molecule has 3 atom stereocenters. The largest absolute Gasteiger partial charge is 0.491 e. The van der Waals surface area contributed by atoms with E-state index >= 15 is 0 Å². The number of benzene rings is 3. The van der Waals surface area contributed by atoms with Crippen LogP contribution in [0.4, 0.5) is 10.1 Å². The van der Waals surface area contributed by atoms with Crippen molar-refractivity contribution in [2.45, 2.75) is 25.2 Å². The van der Waals surface area contributed by atoms with Crippen LogP contribution in [0.2, 0.25) is 5.02 Å². The molecule has 0 saturated carbocycles. The Bertz CT molecular complexity index is 1200. The van der Waals surface area contributed by atoms with Gasteiger partial charge in [0, 0.05) is 32.2 Å². The van der Waals surface area contributed by atoms with Crippen LogP contribution in [0.1, 0.15) is 35.8 Å². The molecule has 0 unspecified atom stereocenters. The minimum atomic E-state index is -0.702. The number of β-amino-alcohol motifs (C(OH)–C–C–N with tert-alkyl or cyclic N) is 1. The van der Waals surface area contributed by atoms with Gasteiger partial charge in [-0.25, -0.2) is 4.39 Å². The van der Waals surface area contributed by atoms with E-state index in [1.807, 2.05) is 12.1 Å². The molecule has 1 fully saturated rings. The lowest BCUT2D eigenvalue weighted by molar-refractivity contribution is 0.100. The van der Waals surface area contributed by atoms with Crippen LogP contribution in [0, 0.1) is 17.1 Å². The molecule has 0 bridgehead atoms. The maximum absolute atomic E-state index is 13.7. The number of nitrogens with zero attached hydrogens (tertiary/aromatic N) is 3. The van der Waals surface area contributed by atoms with Crippen molar-refractivity contribution in [3.05, 3.63) is 94.3 Å². The van der Waals surface area contributed by atoms with E-state index in [-0.39, 0.29) is 18.5 Å². The zero-order valence-corrected chi connectivity index (χ0v) is 20.8. The summed E-state index contributed by atoms with van der Waals surface area (Å²) in [5.41, 5.74) is 3.09. The van der Waals surface area contributed by atoms with Crippen LogP contribution in [0.25, 0.3) is 0 Å². The zero-order valence-electron chi connectivity index (χ0n) is 20.0. The fourth-order valence-corrected chi connectivity index (χ4v) is 4.70. The van der Waals surface area contributed by atoms with Crippen LogP contribution in [-0.4, -0.2) is 54.0 Å². The molecule has 36 heavy (non-hydrogen) atoms. The molecule has 3 aromatic rings. The molecule has 0 spiro atoms. The van der Waals surface area contributed by atoms with Gasteiger partial charge in [-0.15, -0.1) is 0 Å². The topological polar surface area (TPSA) is 80.0 Å². The molecule has 188 valence electrons. The molecule has 0 aliphatic carbocycles. The molecule has 3 aromatic carbocycles. The molecule has 1 aliphatic heterocycles. The van der Waals surface area contributed by atoms with Crippen molar-refractivity contribution in [3.63, 3.8) is 0 Å². The normalized spacial score (nSPS) is 17.9. The SMILES string of the molecule is C[C@@H](O)COc1ccc(N2CCN(C[C@H](O)c3ccc(C#N)cc3)C[C@H]2c2ccc(F)cc2)c(Cl)c1. The highest BCUT2D eigenvalue weighted by Gasteiger charge is 2.31. The van der Waals surface area contributed by atoms with E-state index in [4.69, 9.17) is 21.6 Å². The highest BCUT2D eigenvalue weighted by Crippen LogP contribution is 2.37. The number of ether oxygens (including phenoxy) is 1. The molecule has 0 amide bonds. The third-order valence-corrected chi connectivity index (χ3v) is 6.60. The number of hydrogen-bond acceptors (Lipinski definition) is 6. The molecule has 8 heteroatoms. The number of aliphatic hydroxyl groups is 2. The first kappa shape index (κ1) is 25.9. The van der Waals surface area contributed by atoms with Crippen LogP contribution >= 0.6 is 11.6 Å². The van der Waals surface area contributed by atoms with Gasteiger partial charge >= 0.3 is 0 Å². The second-order valence-corrected chi connectivity index (χ2v) is 9.45. The zero-order chi connectivity index (χ0) is 25.7. The third kappa shape index (κ3) is 6.34. The van der Waals surface area contributed by atoms with Crippen LogP contribution < -0.4 is 9.64 Å². The smallest absolute Gasteiger partial charge is 0.123 e. The second-order valence-electron chi connectivity index (χ2n) is 9.04. The van der Waals surface area contributed by atoms with Gasteiger partial charge < -0.3 is 19.8 Å². The summed E-state index contributed by atoms with van der Waals surface area (Å²) in [6, 6.07) is 20.9. The predicted molar refractivity (Wildman–Crippen MR) is 138 cm³/mol. The van der Waals surface area contributed by atoms with E-state index in [9.17, 15) is 14.6 Å². The summed E-state index contributed by atoms with van der Waals surface area (Å²) in [7, 11) is 0. The first-order chi connectivity index (χ1) is 17.3. The van der Waals surface area contributed by atoms with E-state index in [1.165, 1.54) is 12.1 Å². The highest BCUT2D eigenvalue weighted by molar-refractivity contribution is 6.33. The second kappa shape index (κ2) is 11.7. The molecule has 0 aromatic heterocycles. The molecule has 4 rings (SSSR count). The maximum atomic E-state index is 13.7. The fraction of sp³-hybridized carbons (Fsp3) is 0.321. The molecular weight excluding hydrogens is 481 g/mol. The number of nitriles is 1. The summed E-state index contributed by atoms with van der Waals surface area (Å²) in [4.78, 5) is 4.38. The van der Waals surface area contributed by atoms with Crippen molar-refractivity contribution in [1.82, 2.24) is 4.90 Å². The predicted octanol–water partition coefficient (Wildman–Crippen LogP) is 4.71. The molecule has 1 heterocycles. The summed E-state index contributed by atoms with van der Waals surface area (Å²) in [6.07, 6.45) is -1.29. The number of aliphatic hydroxyl groups excluding tert-OH is 2. The Morgan fingerprint density at radius 3 is 2.44 bits per heavy atom. The lowest BCUT2D eigenvalue weighted by Gasteiger charge is -2.44. The summed E-state index contributed by atoms with van der Waals surface area (Å²) in [5.74, 6) is 0.277. The minimum absolute atomic E-state index is 0.116. The first-order valence-electron chi connectivity index (χ1n) is 11.9. The average molecular weight is 510 g/mol. The van der Waals surface area contributed by atoms with Crippen molar-refractivity contribution >= 4 is 17.3 Å². The van der Waals surface area contributed by atoms with Crippen LogP contribution in [-0.2, 0) is 0 Å². The number of hydrogen-bond donors (Lipinski definition) is 2. The number of rotatable bonds is 8. The minimum Gasteiger partial charge on any atom is -0.491 e. The fourth-order valence-electron chi connectivity index (χ4n) is 4.42. The average Bonchev–Trinajstić information content (AvgIpc) is 2.88. The Labute approximate surface area is 215 Å². The van der Waals surface area contributed by atoms with Gasteiger partial charge in [0.15, 0.2) is 0 Å². The Kier molecular flexibility index (Phi) is 8.44. The summed E-state index contributed by atoms with van der Waals surface area (Å²) < 4.78 is 19.3. The van der Waals surface area contributed by atoms with Crippen molar-refractivity contribution in [2.75, 3.05) is 37.7 Å². The lowest BCUT2D eigenvalue weighted by Crippen LogP contribution is -2.49. The molecular formula is C28H29ClFN3O3. The van der Waals surface area contributed by atoms with E-state index in [2.05, 4.69) is 15.9 Å². The molecule has 0 radical (unpaired) electrons. The number of halogens is 2. The van der Waals surface area contributed by atoms with Gasteiger partial charge in [-0.1, -0.05) is 35.9 Å². The molecule has 1 aliphatic rings. The Morgan fingerprint density at radius 1 is 1.08 bits per heavy atom. The van der Waals surface area contributed by atoms with Gasteiger partial charge in [0.2, 0.25) is 0 Å². The molecule has 1 saturated heterocycles. The Balaban J connectivity index is 1.54. The molecule has 2 N–H and O–H groups in total. The van der Waals surface area contributed by atoms with Gasteiger partial charge in [-0.2, -0.15) is 5.26 Å². The van der Waals surface area contributed by atoms with Crippen molar-refractivity contribution < 1.29 is 19.3 Å². The van der Waals surface area contributed by atoms with Crippen LogP contribution in [0.3, 0.4) is 0 Å². The van der Waals surface area contributed by atoms with Crippen molar-refractivity contribution in [2.24, 2.45) is 0 Å². The van der Waals surface area contributed by atoms with Crippen molar-refractivity contribution in [1.29, 1.82) is 5.26 Å². The summed E-state index contributed by atoms with van der Waals surface area (Å²) in [5, 5.41) is 29.8. The van der Waals surface area contributed by atoms with E-state index < -0.39 is 12.2 Å². The quantitative estimate of drug-likeness (QED) is 0.458. The van der Waals surface area contributed by atoms with Gasteiger partial charge in [-0.3, -0.25) is 4.90 Å². The molecule has 6 nitrogen and oxygen atoms in total. The first-order valence-corrected chi connectivity index (χ1v) is 12.2. The van der Waals surface area contributed by atoms with E-state index in [0.29, 0.717) is 42.5 Å². The van der Waals surface area contributed by atoms with Gasteiger partial charge in [0.1, 0.15) is 18.2 Å². The third-order valence-electron chi connectivity index (χ3n) is 6.29. The summed E-state index contributed by atoms with van der Waals surface area (Å²) in [6.45, 7) is 4.21. The highest BCUT2D eigenvalue weighted by atomic mass is 35.5. The van der Waals surface area contributed by atoms with Gasteiger partial charge in [-0.05, 0) is 54.4 Å². The lowest BCUT2D eigenvalue weighted by atomic mass is 10.00. The monoisotopic (exact) mass is 509 g/mol. The van der Waals surface area contributed by atoms with Gasteiger partial charge in [0.25, 0.3) is 0 Å². The Hall–Kier alpha value is -3.15. The summed E-state index contributed by atoms with van der Waals surface area (Å²) >= 11 is 6.66. The van der Waals surface area contributed by atoms with Crippen LogP contribution in [0.5, 0.6) is 5.75 Å². The van der Waals surface area contributed by atoms with Crippen LogP contribution in [0.15, 0.2) is 66.7 Å².